The number of hydrogen-bond donors (Lipinski definition) is 3. The minimum atomic E-state index is -0.867. The van der Waals surface area contributed by atoms with Gasteiger partial charge in [-0.3, -0.25) is 4.79 Å². The van der Waals surface area contributed by atoms with Gasteiger partial charge >= 0.3 is 0 Å². The second-order valence-electron chi connectivity index (χ2n) is 17.6. The van der Waals surface area contributed by atoms with E-state index < -0.39 is 12.1 Å². The van der Waals surface area contributed by atoms with Crippen molar-refractivity contribution in [3.8, 4) is 0 Å². The summed E-state index contributed by atoms with van der Waals surface area (Å²) in [6.07, 6.45) is 68.5. The van der Waals surface area contributed by atoms with E-state index in [0.29, 0.717) is 6.42 Å². The van der Waals surface area contributed by atoms with E-state index in [-0.39, 0.29) is 12.5 Å². The Balaban J connectivity index is 3.40. The highest BCUT2D eigenvalue weighted by molar-refractivity contribution is 5.76. The lowest BCUT2D eigenvalue weighted by Crippen LogP contribution is -2.45. The Morgan fingerprint density at radius 1 is 0.397 bits per heavy atom. The second-order valence-corrected chi connectivity index (χ2v) is 17.6. The SMILES string of the molecule is CCC/C=C/CC/C=C/CC/C=C/C(O)C(CO)NC(=O)CCCCCCCCCCCCCCCCCCCCCCCCC/C=C\CCCCCCCCCC. The maximum atomic E-state index is 12.4. The van der Waals surface area contributed by atoms with Crippen LogP contribution in [-0.4, -0.2) is 34.9 Å². The van der Waals surface area contributed by atoms with Crippen LogP contribution in [0.2, 0.25) is 0 Å². The molecule has 0 aromatic rings. The van der Waals surface area contributed by atoms with Crippen molar-refractivity contribution in [2.45, 2.75) is 283 Å². The predicted octanol–water partition coefficient (Wildman–Crippen LogP) is 16.7. The molecule has 2 unspecified atom stereocenters. The minimum Gasteiger partial charge on any atom is -0.394 e. The lowest BCUT2D eigenvalue weighted by atomic mass is 10.0. The van der Waals surface area contributed by atoms with Gasteiger partial charge in [-0.15, -0.1) is 0 Å². The summed E-state index contributed by atoms with van der Waals surface area (Å²) in [5.74, 6) is -0.0768. The molecule has 340 valence electrons. The molecule has 0 radical (unpaired) electrons. The van der Waals surface area contributed by atoms with E-state index in [1.165, 1.54) is 205 Å². The Bertz CT molecular complexity index is 923. The van der Waals surface area contributed by atoms with Crippen LogP contribution < -0.4 is 5.32 Å². The molecule has 0 fully saturated rings. The summed E-state index contributed by atoms with van der Waals surface area (Å²) in [6, 6.07) is -0.643. The van der Waals surface area contributed by atoms with Crippen molar-refractivity contribution in [1.29, 1.82) is 0 Å². The van der Waals surface area contributed by atoms with Crippen molar-refractivity contribution in [1.82, 2.24) is 5.32 Å². The molecule has 0 aliphatic rings. The van der Waals surface area contributed by atoms with Crippen LogP contribution in [0.25, 0.3) is 0 Å². The first-order chi connectivity index (χ1) is 28.7. The van der Waals surface area contributed by atoms with Crippen LogP contribution in [0.4, 0.5) is 0 Å². The largest absolute Gasteiger partial charge is 0.394 e. The van der Waals surface area contributed by atoms with Crippen LogP contribution in [0.5, 0.6) is 0 Å². The molecule has 0 spiro atoms. The van der Waals surface area contributed by atoms with Gasteiger partial charge in [-0.05, 0) is 64.2 Å². The molecule has 4 heteroatoms. The van der Waals surface area contributed by atoms with Crippen LogP contribution in [-0.2, 0) is 4.79 Å². The number of aliphatic hydroxyl groups excluding tert-OH is 2. The number of unbranched alkanes of at least 4 members (excludes halogenated alkanes) is 34. The summed E-state index contributed by atoms with van der Waals surface area (Å²) >= 11 is 0. The standard InChI is InChI=1S/C54H101NO3/c1-3-5-7-9-11-13-15-16-17-18-19-20-21-22-23-24-25-26-27-28-29-30-31-32-33-34-35-36-37-38-40-42-44-46-48-50-54(58)55-52(51-56)53(57)49-47-45-43-41-39-14-12-10-8-6-4-2/h8,10,18-19,39,41,47,49,52-53,56-57H,3-7,9,11-17,20-38,40,42-46,48,50-51H2,1-2H3,(H,55,58)/b10-8+,19-18-,41-39+,49-47+. The van der Waals surface area contributed by atoms with Crippen molar-refractivity contribution >= 4 is 5.91 Å². The molecule has 0 saturated carbocycles. The lowest BCUT2D eigenvalue weighted by molar-refractivity contribution is -0.123. The van der Waals surface area contributed by atoms with Gasteiger partial charge in [0.05, 0.1) is 18.8 Å². The zero-order chi connectivity index (χ0) is 42.1. The molecule has 58 heavy (non-hydrogen) atoms. The number of nitrogens with one attached hydrogen (secondary N) is 1. The molecule has 0 aliphatic carbocycles. The van der Waals surface area contributed by atoms with Gasteiger partial charge in [0.15, 0.2) is 0 Å². The maximum Gasteiger partial charge on any atom is 0.220 e. The van der Waals surface area contributed by atoms with E-state index in [2.05, 4.69) is 55.6 Å². The average molecular weight is 812 g/mol. The molecule has 0 aromatic carbocycles. The monoisotopic (exact) mass is 812 g/mol. The van der Waals surface area contributed by atoms with Crippen LogP contribution in [0.15, 0.2) is 48.6 Å². The fourth-order valence-corrected chi connectivity index (χ4v) is 7.80. The molecular formula is C54H101NO3. The van der Waals surface area contributed by atoms with E-state index in [1.54, 1.807) is 6.08 Å². The fraction of sp³-hybridized carbons (Fsp3) is 0.833. The Morgan fingerprint density at radius 3 is 1.07 bits per heavy atom. The number of carbonyl (C=O) groups is 1. The highest BCUT2D eigenvalue weighted by atomic mass is 16.3. The predicted molar refractivity (Wildman–Crippen MR) is 258 cm³/mol. The van der Waals surface area contributed by atoms with Crippen molar-refractivity contribution < 1.29 is 15.0 Å². The molecule has 0 saturated heterocycles. The molecule has 0 bridgehead atoms. The minimum absolute atomic E-state index is 0.0768. The van der Waals surface area contributed by atoms with Crippen LogP contribution >= 0.6 is 0 Å². The van der Waals surface area contributed by atoms with E-state index in [1.807, 2.05) is 6.08 Å². The summed E-state index contributed by atoms with van der Waals surface area (Å²) in [4.78, 5) is 12.4. The zero-order valence-electron chi connectivity index (χ0n) is 39.1. The highest BCUT2D eigenvalue weighted by Crippen LogP contribution is 2.17. The van der Waals surface area contributed by atoms with Gasteiger partial charge < -0.3 is 15.5 Å². The number of aliphatic hydroxyl groups is 2. The quantitative estimate of drug-likeness (QED) is 0.0423. The van der Waals surface area contributed by atoms with Crippen LogP contribution in [0.3, 0.4) is 0 Å². The number of rotatable bonds is 47. The van der Waals surface area contributed by atoms with Gasteiger partial charge in [-0.25, -0.2) is 0 Å². The van der Waals surface area contributed by atoms with Gasteiger partial charge in [-0.2, -0.15) is 0 Å². The molecule has 0 aliphatic heterocycles. The first-order valence-electron chi connectivity index (χ1n) is 25.9. The third-order valence-corrected chi connectivity index (χ3v) is 11.7. The molecule has 3 N–H and O–H groups in total. The molecule has 0 rings (SSSR count). The topological polar surface area (TPSA) is 69.6 Å². The summed E-state index contributed by atoms with van der Waals surface area (Å²) in [5.41, 5.74) is 0. The van der Waals surface area contributed by atoms with Gasteiger partial charge in [0.25, 0.3) is 0 Å². The maximum absolute atomic E-state index is 12.4. The van der Waals surface area contributed by atoms with Gasteiger partial charge in [0.2, 0.25) is 5.91 Å². The summed E-state index contributed by atoms with van der Waals surface area (Å²) < 4.78 is 0. The summed E-state index contributed by atoms with van der Waals surface area (Å²) in [5, 5.41) is 22.9. The number of hydrogen-bond acceptors (Lipinski definition) is 3. The third kappa shape index (κ3) is 45.4. The Labute approximate surface area is 363 Å². The van der Waals surface area contributed by atoms with Gasteiger partial charge in [-0.1, -0.05) is 249 Å². The van der Waals surface area contributed by atoms with Crippen molar-refractivity contribution in [2.24, 2.45) is 0 Å². The van der Waals surface area contributed by atoms with Crippen LogP contribution in [0, 0.1) is 0 Å². The third-order valence-electron chi connectivity index (χ3n) is 11.7. The molecule has 4 nitrogen and oxygen atoms in total. The van der Waals surface area contributed by atoms with Crippen molar-refractivity contribution in [2.75, 3.05) is 6.61 Å². The van der Waals surface area contributed by atoms with E-state index in [0.717, 1.165) is 44.9 Å². The molecule has 2 atom stereocenters. The van der Waals surface area contributed by atoms with E-state index in [4.69, 9.17) is 0 Å². The first-order valence-corrected chi connectivity index (χ1v) is 25.9. The second kappa shape index (κ2) is 49.7. The van der Waals surface area contributed by atoms with Crippen molar-refractivity contribution in [3.63, 3.8) is 0 Å². The number of amides is 1. The summed E-state index contributed by atoms with van der Waals surface area (Å²) in [7, 11) is 0. The molecule has 0 heterocycles. The molecule has 1 amide bonds. The lowest BCUT2D eigenvalue weighted by Gasteiger charge is -2.19. The number of carbonyl (C=O) groups excluding carboxylic acids is 1. The Hall–Kier alpha value is -1.65. The zero-order valence-corrected chi connectivity index (χ0v) is 39.1. The normalized spacial score (nSPS) is 13.2. The fourth-order valence-electron chi connectivity index (χ4n) is 7.80. The van der Waals surface area contributed by atoms with Gasteiger partial charge in [0, 0.05) is 6.42 Å². The number of allylic oxidation sites excluding steroid dienone is 7. The average Bonchev–Trinajstić information content (AvgIpc) is 3.23. The van der Waals surface area contributed by atoms with Crippen molar-refractivity contribution in [3.05, 3.63) is 48.6 Å². The highest BCUT2D eigenvalue weighted by Gasteiger charge is 2.17. The molecule has 0 aromatic heterocycles. The summed E-state index contributed by atoms with van der Waals surface area (Å²) in [6.45, 7) is 4.23. The van der Waals surface area contributed by atoms with E-state index >= 15 is 0 Å². The molecular weight excluding hydrogens is 711 g/mol. The smallest absolute Gasteiger partial charge is 0.220 e. The Morgan fingerprint density at radius 2 is 0.707 bits per heavy atom. The van der Waals surface area contributed by atoms with Gasteiger partial charge in [0.1, 0.15) is 0 Å². The first kappa shape index (κ1) is 56.4. The Kier molecular flexibility index (Phi) is 48.3. The van der Waals surface area contributed by atoms with E-state index in [9.17, 15) is 15.0 Å². The van der Waals surface area contributed by atoms with Crippen LogP contribution in [0.1, 0.15) is 271 Å².